The molecule has 1 heteroatoms. The molecule has 0 N–H and O–H groups in total. The lowest BCUT2D eigenvalue weighted by Gasteiger charge is -2.42. The fourth-order valence-corrected chi connectivity index (χ4v) is 2.89. The summed E-state index contributed by atoms with van der Waals surface area (Å²) in [4.78, 5) is 0. The van der Waals surface area contributed by atoms with E-state index in [0.29, 0.717) is 16.9 Å². The van der Waals surface area contributed by atoms with Crippen LogP contribution in [0.2, 0.25) is 0 Å². The average molecular weight is 184 g/mol. The van der Waals surface area contributed by atoms with Crippen LogP contribution in [0.4, 0.5) is 0 Å². The summed E-state index contributed by atoms with van der Waals surface area (Å²) in [5, 5.41) is 0. The van der Waals surface area contributed by atoms with Crippen molar-refractivity contribution in [2.24, 2.45) is 16.7 Å². The second-order valence-corrected chi connectivity index (χ2v) is 5.35. The van der Waals surface area contributed by atoms with Crippen LogP contribution in [0.1, 0.15) is 47.5 Å². The molecule has 0 saturated heterocycles. The lowest BCUT2D eigenvalue weighted by atomic mass is 9.64. The van der Waals surface area contributed by atoms with Crippen molar-refractivity contribution in [3.8, 4) is 0 Å². The Balaban J connectivity index is 2.98. The summed E-state index contributed by atoms with van der Waals surface area (Å²) in [6.45, 7) is 11.8. The van der Waals surface area contributed by atoms with Gasteiger partial charge in [-0.2, -0.15) is 0 Å². The summed E-state index contributed by atoms with van der Waals surface area (Å²) < 4.78 is 5.62. The van der Waals surface area contributed by atoms with Crippen molar-refractivity contribution in [2.75, 3.05) is 7.11 Å². The smallest absolute Gasteiger partial charge is 0.0632 e. The van der Waals surface area contributed by atoms with Gasteiger partial charge in [0.2, 0.25) is 0 Å². The van der Waals surface area contributed by atoms with E-state index in [-0.39, 0.29) is 0 Å². The zero-order valence-corrected chi connectivity index (χ0v) is 9.98. The Bertz CT molecular complexity index is 186. The zero-order valence-electron chi connectivity index (χ0n) is 9.98. The summed E-state index contributed by atoms with van der Waals surface area (Å²) in [5.74, 6) is 0.766. The normalized spacial score (nSPS) is 43.8. The van der Waals surface area contributed by atoms with Gasteiger partial charge >= 0.3 is 0 Å². The molecule has 0 heterocycles. The molecule has 1 fully saturated rings. The number of ether oxygens (including phenoxy) is 1. The van der Waals surface area contributed by atoms with Crippen LogP contribution in [-0.2, 0) is 4.74 Å². The molecular formula is C12H24O. The molecule has 0 bridgehead atoms. The first-order valence-electron chi connectivity index (χ1n) is 5.43. The summed E-state index contributed by atoms with van der Waals surface area (Å²) in [7, 11) is 1.85. The fourth-order valence-electron chi connectivity index (χ4n) is 2.89. The Morgan fingerprint density at radius 3 is 2.15 bits per heavy atom. The minimum atomic E-state index is 0.348. The predicted octanol–water partition coefficient (Wildman–Crippen LogP) is 3.48. The van der Waals surface area contributed by atoms with Gasteiger partial charge in [-0.15, -0.1) is 0 Å². The molecule has 0 aromatic heterocycles. The van der Waals surface area contributed by atoms with E-state index < -0.39 is 0 Å². The number of hydrogen-bond acceptors (Lipinski definition) is 1. The van der Waals surface area contributed by atoms with Crippen LogP contribution in [0.3, 0.4) is 0 Å². The second kappa shape index (κ2) is 3.27. The van der Waals surface area contributed by atoms with Gasteiger partial charge in [-0.05, 0) is 29.6 Å². The predicted molar refractivity (Wildman–Crippen MR) is 56.8 cm³/mol. The van der Waals surface area contributed by atoms with Gasteiger partial charge in [0.25, 0.3) is 0 Å². The first-order chi connectivity index (χ1) is 5.90. The maximum absolute atomic E-state index is 5.62. The van der Waals surface area contributed by atoms with Gasteiger partial charge in [0.05, 0.1) is 6.10 Å². The van der Waals surface area contributed by atoms with Crippen LogP contribution in [0.15, 0.2) is 0 Å². The van der Waals surface area contributed by atoms with Crippen molar-refractivity contribution >= 4 is 0 Å². The Labute approximate surface area is 82.9 Å². The highest BCUT2D eigenvalue weighted by Crippen LogP contribution is 2.58. The van der Waals surface area contributed by atoms with E-state index in [2.05, 4.69) is 34.6 Å². The molecule has 0 aromatic rings. The van der Waals surface area contributed by atoms with Gasteiger partial charge in [-0.1, -0.05) is 34.6 Å². The molecule has 1 nitrogen and oxygen atoms in total. The second-order valence-electron chi connectivity index (χ2n) is 5.35. The van der Waals surface area contributed by atoms with Crippen molar-refractivity contribution in [3.63, 3.8) is 0 Å². The maximum Gasteiger partial charge on any atom is 0.0632 e. The van der Waals surface area contributed by atoms with Crippen LogP contribution >= 0.6 is 0 Å². The topological polar surface area (TPSA) is 9.23 Å². The van der Waals surface area contributed by atoms with Gasteiger partial charge in [-0.3, -0.25) is 0 Å². The Kier molecular flexibility index (Phi) is 2.78. The third kappa shape index (κ3) is 1.32. The van der Waals surface area contributed by atoms with Crippen molar-refractivity contribution in [1.82, 2.24) is 0 Å². The monoisotopic (exact) mass is 184 g/mol. The number of hydrogen-bond donors (Lipinski definition) is 0. The molecule has 0 amide bonds. The molecule has 0 aromatic carbocycles. The van der Waals surface area contributed by atoms with Crippen LogP contribution in [-0.4, -0.2) is 13.2 Å². The van der Waals surface area contributed by atoms with Gasteiger partial charge in [0.15, 0.2) is 0 Å². The third-order valence-electron chi connectivity index (χ3n) is 5.00. The summed E-state index contributed by atoms with van der Waals surface area (Å²) in [6.07, 6.45) is 2.87. The molecule has 78 valence electrons. The number of methoxy groups -OCH3 is 1. The average Bonchev–Trinajstić information content (AvgIpc) is 2.26. The third-order valence-corrected chi connectivity index (χ3v) is 5.00. The highest BCUT2D eigenvalue weighted by Gasteiger charge is 2.54. The van der Waals surface area contributed by atoms with Gasteiger partial charge in [-0.25, -0.2) is 0 Å². The van der Waals surface area contributed by atoms with Crippen molar-refractivity contribution in [1.29, 1.82) is 0 Å². The van der Waals surface area contributed by atoms with Crippen LogP contribution in [0.5, 0.6) is 0 Å². The molecule has 0 aliphatic heterocycles. The van der Waals surface area contributed by atoms with Gasteiger partial charge < -0.3 is 4.74 Å². The van der Waals surface area contributed by atoms with E-state index in [1.54, 1.807) is 0 Å². The molecule has 0 radical (unpaired) electrons. The van der Waals surface area contributed by atoms with E-state index in [1.165, 1.54) is 12.8 Å². The Morgan fingerprint density at radius 2 is 1.85 bits per heavy atom. The van der Waals surface area contributed by atoms with E-state index >= 15 is 0 Å². The Hall–Kier alpha value is -0.0400. The van der Waals surface area contributed by atoms with Crippen molar-refractivity contribution in [2.45, 2.75) is 53.6 Å². The SMILES string of the molecule is CCC1(C)C(OC)CC(C)C1(C)C. The molecular weight excluding hydrogens is 160 g/mol. The minimum absolute atomic E-state index is 0.348. The Morgan fingerprint density at radius 1 is 1.31 bits per heavy atom. The summed E-state index contributed by atoms with van der Waals surface area (Å²) in [5.41, 5.74) is 0.754. The minimum Gasteiger partial charge on any atom is -0.381 e. The largest absolute Gasteiger partial charge is 0.381 e. The van der Waals surface area contributed by atoms with Crippen molar-refractivity contribution in [3.05, 3.63) is 0 Å². The maximum atomic E-state index is 5.62. The standard InChI is InChI=1S/C12H24O/c1-7-12(5)10(13-6)8-9(2)11(12,3)4/h9-10H,7-8H2,1-6H3. The van der Waals surface area contributed by atoms with Crippen molar-refractivity contribution < 1.29 is 4.74 Å². The molecule has 3 unspecified atom stereocenters. The summed E-state index contributed by atoms with van der Waals surface area (Å²) in [6, 6.07) is 0. The van der Waals surface area contributed by atoms with Crippen LogP contribution < -0.4 is 0 Å². The van der Waals surface area contributed by atoms with E-state index in [1.807, 2.05) is 7.11 Å². The van der Waals surface area contributed by atoms with Crippen LogP contribution in [0, 0.1) is 16.7 Å². The lowest BCUT2D eigenvalue weighted by molar-refractivity contribution is -0.0305. The molecule has 1 saturated carbocycles. The molecule has 13 heavy (non-hydrogen) atoms. The van der Waals surface area contributed by atoms with Gasteiger partial charge in [0.1, 0.15) is 0 Å². The summed E-state index contributed by atoms with van der Waals surface area (Å²) >= 11 is 0. The molecule has 1 aliphatic carbocycles. The van der Waals surface area contributed by atoms with Crippen LogP contribution in [0.25, 0.3) is 0 Å². The number of rotatable bonds is 2. The molecule has 0 spiro atoms. The quantitative estimate of drug-likeness (QED) is 0.638. The highest BCUT2D eigenvalue weighted by atomic mass is 16.5. The first-order valence-corrected chi connectivity index (χ1v) is 5.43. The van der Waals surface area contributed by atoms with E-state index in [4.69, 9.17) is 4.74 Å². The van der Waals surface area contributed by atoms with E-state index in [9.17, 15) is 0 Å². The molecule has 1 aliphatic rings. The zero-order chi connectivity index (χ0) is 10.3. The lowest BCUT2D eigenvalue weighted by Crippen LogP contribution is -2.39. The van der Waals surface area contributed by atoms with Gasteiger partial charge in [0, 0.05) is 7.11 Å². The highest BCUT2D eigenvalue weighted by molar-refractivity contribution is 5.03. The molecule has 3 atom stereocenters. The van der Waals surface area contributed by atoms with E-state index in [0.717, 1.165) is 5.92 Å². The fraction of sp³-hybridized carbons (Fsp3) is 1.00. The first kappa shape index (κ1) is 11.0. The molecule has 1 rings (SSSR count).